The van der Waals surface area contributed by atoms with Crippen LogP contribution in [0.1, 0.15) is 0 Å². The van der Waals surface area contributed by atoms with E-state index in [-0.39, 0.29) is 21.2 Å². The predicted molar refractivity (Wildman–Crippen MR) is 91.4 cm³/mol. The summed E-state index contributed by atoms with van der Waals surface area (Å²) in [6.45, 7) is 0. The van der Waals surface area contributed by atoms with Gasteiger partial charge in [-0.25, -0.2) is 22.0 Å². The summed E-state index contributed by atoms with van der Waals surface area (Å²) in [6, 6.07) is 9.31. The molecule has 0 bridgehead atoms. The van der Waals surface area contributed by atoms with Gasteiger partial charge in [-0.15, -0.1) is 0 Å². The maximum Gasteiger partial charge on any atom is 0.264 e. The van der Waals surface area contributed by atoms with Crippen LogP contribution in [0.2, 0.25) is 5.02 Å². The topological polar surface area (TPSA) is 107 Å². The van der Waals surface area contributed by atoms with Crippen molar-refractivity contribution in [2.75, 3.05) is 18.5 Å². The summed E-state index contributed by atoms with van der Waals surface area (Å²) in [5.41, 5.74) is 0.0407. The summed E-state index contributed by atoms with van der Waals surface area (Å²) in [4.78, 5) is -0.228. The van der Waals surface area contributed by atoms with Crippen LogP contribution in [0.3, 0.4) is 0 Å². The molecule has 2 rings (SSSR count). The summed E-state index contributed by atoms with van der Waals surface area (Å²) in [6.07, 6.45) is 0. The number of nitrogens with zero attached hydrogens (tertiary/aromatic N) is 1. The molecule has 2 aromatic carbocycles. The highest BCUT2D eigenvalue weighted by molar-refractivity contribution is 7.92. The van der Waals surface area contributed by atoms with Crippen LogP contribution < -0.4 is 14.2 Å². The van der Waals surface area contributed by atoms with Gasteiger partial charge in [-0.05, 0) is 42.5 Å². The number of halogens is 1. The summed E-state index contributed by atoms with van der Waals surface area (Å²) in [7, 11) is -5.31. The van der Waals surface area contributed by atoms with Crippen LogP contribution in [0, 0.1) is 0 Å². The molecule has 0 atom stereocenters. The molecule has 0 aromatic heterocycles. The number of hydrogen-bond donors (Lipinski definition) is 1. The molecule has 0 saturated carbocycles. The lowest BCUT2D eigenvalue weighted by Gasteiger charge is -2.22. The zero-order valence-corrected chi connectivity index (χ0v) is 15.2. The molecular formula is C14H15ClN2O5S2. The molecule has 0 saturated heterocycles. The fourth-order valence-corrected chi connectivity index (χ4v) is 3.84. The van der Waals surface area contributed by atoms with Gasteiger partial charge < -0.3 is 4.74 Å². The van der Waals surface area contributed by atoms with E-state index in [1.54, 1.807) is 0 Å². The first kappa shape index (κ1) is 18.5. The Balaban J connectivity index is 2.59. The molecular weight excluding hydrogens is 376 g/mol. The second-order valence-electron chi connectivity index (χ2n) is 4.81. The SMILES string of the molecule is COc1ccc(S(N)(=O)=O)cc1N(C)S(=O)(=O)c1ccc(Cl)cc1. The molecule has 0 aliphatic heterocycles. The van der Waals surface area contributed by atoms with Crippen molar-refractivity contribution in [3.05, 3.63) is 47.5 Å². The van der Waals surface area contributed by atoms with Gasteiger partial charge in [-0.3, -0.25) is 4.31 Å². The van der Waals surface area contributed by atoms with Crippen molar-refractivity contribution in [3.8, 4) is 5.75 Å². The minimum absolute atomic E-state index is 0.00235. The standard InChI is InChI=1S/C14H15ClN2O5S2/c1-17(24(20,21)11-5-3-10(15)4-6-11)13-9-12(23(16,18)19)7-8-14(13)22-2/h3-9H,1-2H3,(H2,16,18,19). The third-order valence-electron chi connectivity index (χ3n) is 3.29. The van der Waals surface area contributed by atoms with Crippen molar-refractivity contribution in [2.45, 2.75) is 9.79 Å². The van der Waals surface area contributed by atoms with E-state index in [1.165, 1.54) is 50.6 Å². The number of anilines is 1. The highest BCUT2D eigenvalue weighted by atomic mass is 35.5. The average Bonchev–Trinajstić information content (AvgIpc) is 2.53. The van der Waals surface area contributed by atoms with E-state index in [4.69, 9.17) is 21.5 Å². The smallest absolute Gasteiger partial charge is 0.264 e. The third-order valence-corrected chi connectivity index (χ3v) is 6.24. The van der Waals surface area contributed by atoms with Gasteiger partial charge in [-0.1, -0.05) is 11.6 Å². The lowest BCUT2D eigenvalue weighted by molar-refractivity contribution is 0.415. The Morgan fingerprint density at radius 3 is 2.04 bits per heavy atom. The van der Waals surface area contributed by atoms with Gasteiger partial charge in [0, 0.05) is 12.1 Å². The molecule has 0 aliphatic carbocycles. The van der Waals surface area contributed by atoms with Crippen molar-refractivity contribution < 1.29 is 21.6 Å². The van der Waals surface area contributed by atoms with Crippen LogP contribution in [0.25, 0.3) is 0 Å². The van der Waals surface area contributed by atoms with Crippen LogP contribution in [0.15, 0.2) is 52.3 Å². The highest BCUT2D eigenvalue weighted by Gasteiger charge is 2.25. The molecule has 0 unspecified atom stereocenters. The molecule has 0 aliphatic rings. The predicted octanol–water partition coefficient (Wildman–Crippen LogP) is 1.82. The summed E-state index contributed by atoms with van der Waals surface area (Å²) in [5.74, 6) is 0.183. The molecule has 2 aromatic rings. The maximum atomic E-state index is 12.7. The molecule has 0 amide bonds. The molecule has 130 valence electrons. The van der Waals surface area contributed by atoms with Crippen molar-refractivity contribution in [1.29, 1.82) is 0 Å². The maximum absolute atomic E-state index is 12.7. The first-order chi connectivity index (χ1) is 11.1. The van der Waals surface area contributed by atoms with Gasteiger partial charge in [0.15, 0.2) is 0 Å². The first-order valence-electron chi connectivity index (χ1n) is 6.52. The number of hydrogen-bond acceptors (Lipinski definition) is 5. The fourth-order valence-electron chi connectivity index (χ4n) is 1.99. The Kier molecular flexibility index (Phi) is 5.09. The minimum atomic E-state index is -3.99. The van der Waals surface area contributed by atoms with Gasteiger partial charge in [0.05, 0.1) is 22.6 Å². The fraction of sp³-hybridized carbons (Fsp3) is 0.143. The zero-order valence-electron chi connectivity index (χ0n) is 12.8. The Labute approximate surface area is 145 Å². The van der Waals surface area contributed by atoms with E-state index in [0.29, 0.717) is 5.02 Å². The summed E-state index contributed by atoms with van der Waals surface area (Å²) >= 11 is 5.77. The van der Waals surface area contributed by atoms with Gasteiger partial charge in [-0.2, -0.15) is 0 Å². The third kappa shape index (κ3) is 3.64. The summed E-state index contributed by atoms with van der Waals surface area (Å²) in [5, 5.41) is 5.50. The van der Waals surface area contributed by atoms with E-state index in [0.717, 1.165) is 10.4 Å². The number of sulfonamides is 2. The first-order valence-corrected chi connectivity index (χ1v) is 9.89. The lowest BCUT2D eigenvalue weighted by Crippen LogP contribution is -2.27. The van der Waals surface area contributed by atoms with Crippen molar-refractivity contribution in [2.24, 2.45) is 5.14 Å². The van der Waals surface area contributed by atoms with Crippen molar-refractivity contribution in [1.82, 2.24) is 0 Å². The molecule has 24 heavy (non-hydrogen) atoms. The molecule has 10 heteroatoms. The number of benzene rings is 2. The Bertz CT molecular complexity index is 957. The number of methoxy groups -OCH3 is 1. The van der Waals surface area contributed by atoms with Crippen molar-refractivity contribution >= 4 is 37.3 Å². The van der Waals surface area contributed by atoms with Crippen LogP contribution >= 0.6 is 11.6 Å². The van der Waals surface area contributed by atoms with Gasteiger partial charge in [0.2, 0.25) is 10.0 Å². The normalized spacial score (nSPS) is 12.0. The van der Waals surface area contributed by atoms with Crippen molar-refractivity contribution in [3.63, 3.8) is 0 Å². The number of nitrogens with two attached hydrogens (primary N) is 1. The van der Waals surface area contributed by atoms with E-state index in [9.17, 15) is 16.8 Å². The molecule has 0 heterocycles. The second-order valence-corrected chi connectivity index (χ2v) is 8.77. The minimum Gasteiger partial charge on any atom is -0.495 e. The zero-order chi connectivity index (χ0) is 18.1. The molecule has 7 nitrogen and oxygen atoms in total. The average molecular weight is 391 g/mol. The Hall–Kier alpha value is -1.81. The van der Waals surface area contributed by atoms with Crippen LogP contribution in [0.5, 0.6) is 5.75 Å². The monoisotopic (exact) mass is 390 g/mol. The molecule has 0 spiro atoms. The Morgan fingerprint density at radius 1 is 1.00 bits per heavy atom. The van der Waals surface area contributed by atoms with E-state index < -0.39 is 20.0 Å². The Morgan fingerprint density at radius 2 is 1.54 bits per heavy atom. The van der Waals surface area contributed by atoms with Crippen LogP contribution in [-0.2, 0) is 20.0 Å². The van der Waals surface area contributed by atoms with Gasteiger partial charge in [0.1, 0.15) is 5.75 Å². The summed E-state index contributed by atoms with van der Waals surface area (Å²) < 4.78 is 54.5. The largest absolute Gasteiger partial charge is 0.495 e. The van der Waals surface area contributed by atoms with Gasteiger partial charge in [0.25, 0.3) is 10.0 Å². The quantitative estimate of drug-likeness (QED) is 0.837. The lowest BCUT2D eigenvalue weighted by atomic mass is 10.3. The highest BCUT2D eigenvalue weighted by Crippen LogP contribution is 2.33. The van der Waals surface area contributed by atoms with Gasteiger partial charge >= 0.3 is 0 Å². The molecule has 0 radical (unpaired) electrons. The van der Waals surface area contributed by atoms with E-state index in [1.807, 2.05) is 0 Å². The second kappa shape index (κ2) is 6.60. The van der Waals surface area contributed by atoms with Crippen LogP contribution in [-0.4, -0.2) is 31.0 Å². The van der Waals surface area contributed by atoms with E-state index in [2.05, 4.69) is 0 Å². The number of primary sulfonamides is 1. The van der Waals surface area contributed by atoms with E-state index >= 15 is 0 Å². The molecule has 2 N–H and O–H groups in total. The molecule has 0 fully saturated rings. The number of ether oxygens (including phenoxy) is 1. The number of rotatable bonds is 5. The van der Waals surface area contributed by atoms with Crippen LogP contribution in [0.4, 0.5) is 5.69 Å².